The summed E-state index contributed by atoms with van der Waals surface area (Å²) in [6.07, 6.45) is 2.11. The largest absolute Gasteiger partial charge is 0.478 e. The topological polar surface area (TPSA) is 74.7 Å². The van der Waals surface area contributed by atoms with Gasteiger partial charge >= 0.3 is 5.97 Å². The van der Waals surface area contributed by atoms with Crippen LogP contribution in [-0.4, -0.2) is 37.4 Å². The number of rotatable bonds is 5. The van der Waals surface area contributed by atoms with Gasteiger partial charge in [-0.1, -0.05) is 15.9 Å². The smallest absolute Gasteiger partial charge is 0.336 e. The summed E-state index contributed by atoms with van der Waals surface area (Å²) in [5, 5.41) is 9.15. The van der Waals surface area contributed by atoms with E-state index in [0.29, 0.717) is 22.5 Å². The van der Waals surface area contributed by atoms with Gasteiger partial charge in [0.2, 0.25) is 10.0 Å². The third-order valence-corrected chi connectivity index (χ3v) is 6.09. The van der Waals surface area contributed by atoms with E-state index in [1.54, 1.807) is 6.92 Å². The molecule has 1 aliphatic carbocycles. The average Bonchev–Trinajstić information content (AvgIpc) is 3.15. The zero-order chi connectivity index (χ0) is 15.1. The van der Waals surface area contributed by atoms with Crippen LogP contribution in [0.15, 0.2) is 21.5 Å². The summed E-state index contributed by atoms with van der Waals surface area (Å²) in [6, 6.07) is 2.68. The highest BCUT2D eigenvalue weighted by Crippen LogP contribution is 2.32. The number of hydrogen-bond acceptors (Lipinski definition) is 3. The van der Waals surface area contributed by atoms with Crippen LogP contribution in [0.5, 0.6) is 0 Å². The molecule has 0 atom stereocenters. The van der Waals surface area contributed by atoms with Gasteiger partial charge in [0, 0.05) is 18.1 Å². The lowest BCUT2D eigenvalue weighted by atomic mass is 10.1. The van der Waals surface area contributed by atoms with E-state index < -0.39 is 16.0 Å². The molecule has 0 saturated heterocycles. The number of benzene rings is 1. The lowest BCUT2D eigenvalue weighted by Crippen LogP contribution is -2.29. The molecule has 1 fully saturated rings. The summed E-state index contributed by atoms with van der Waals surface area (Å²) in [4.78, 5) is 11.2. The molecule has 20 heavy (non-hydrogen) atoms. The van der Waals surface area contributed by atoms with Crippen molar-refractivity contribution in [1.82, 2.24) is 4.31 Å². The Morgan fingerprint density at radius 2 is 2.05 bits per heavy atom. The maximum atomic E-state index is 12.4. The minimum absolute atomic E-state index is 0.00206. The van der Waals surface area contributed by atoms with Crippen molar-refractivity contribution >= 4 is 31.9 Å². The summed E-state index contributed by atoms with van der Waals surface area (Å²) in [5.74, 6) is -0.701. The second-order valence-electron chi connectivity index (χ2n) is 5.11. The predicted molar refractivity (Wildman–Crippen MR) is 78.4 cm³/mol. The molecule has 110 valence electrons. The highest BCUT2D eigenvalue weighted by Gasteiger charge is 2.30. The third kappa shape index (κ3) is 3.05. The van der Waals surface area contributed by atoms with Crippen LogP contribution in [0.2, 0.25) is 0 Å². The number of sulfonamides is 1. The first-order valence-corrected chi connectivity index (χ1v) is 8.46. The minimum Gasteiger partial charge on any atom is -0.478 e. The molecular formula is C13H16BrNO4S. The van der Waals surface area contributed by atoms with Crippen molar-refractivity contribution in [1.29, 1.82) is 0 Å². The van der Waals surface area contributed by atoms with E-state index in [0.717, 1.165) is 12.8 Å². The number of carbonyl (C=O) groups is 1. The summed E-state index contributed by atoms with van der Waals surface area (Å²) in [5.41, 5.74) is 0.513. The molecule has 0 unspecified atom stereocenters. The normalized spacial score (nSPS) is 15.6. The molecule has 0 amide bonds. The molecule has 5 nitrogen and oxygen atoms in total. The van der Waals surface area contributed by atoms with Gasteiger partial charge in [0.25, 0.3) is 0 Å². The van der Waals surface area contributed by atoms with Gasteiger partial charge in [-0.25, -0.2) is 17.5 Å². The van der Waals surface area contributed by atoms with E-state index >= 15 is 0 Å². The van der Waals surface area contributed by atoms with Crippen LogP contribution >= 0.6 is 15.9 Å². The first-order chi connectivity index (χ1) is 9.23. The van der Waals surface area contributed by atoms with Gasteiger partial charge in [-0.05, 0) is 43.4 Å². The van der Waals surface area contributed by atoms with Crippen LogP contribution in [-0.2, 0) is 10.0 Å². The maximum absolute atomic E-state index is 12.4. The fraction of sp³-hybridized carbons (Fsp3) is 0.462. The summed E-state index contributed by atoms with van der Waals surface area (Å²) < 4.78 is 26.7. The molecule has 1 saturated carbocycles. The highest BCUT2D eigenvalue weighted by molar-refractivity contribution is 9.10. The molecule has 0 bridgehead atoms. The first-order valence-electron chi connectivity index (χ1n) is 6.23. The molecule has 1 aromatic carbocycles. The van der Waals surface area contributed by atoms with Crippen LogP contribution in [0.25, 0.3) is 0 Å². The Bertz CT molecular complexity index is 653. The molecule has 0 spiro atoms. The Morgan fingerprint density at radius 1 is 1.45 bits per heavy atom. The van der Waals surface area contributed by atoms with Crippen molar-refractivity contribution in [2.45, 2.75) is 24.7 Å². The summed E-state index contributed by atoms with van der Waals surface area (Å²) >= 11 is 3.22. The molecule has 0 radical (unpaired) electrons. The van der Waals surface area contributed by atoms with Crippen LogP contribution < -0.4 is 0 Å². The van der Waals surface area contributed by atoms with Gasteiger partial charge in [-0.2, -0.15) is 0 Å². The van der Waals surface area contributed by atoms with Gasteiger partial charge in [0.15, 0.2) is 0 Å². The zero-order valence-electron chi connectivity index (χ0n) is 11.3. The maximum Gasteiger partial charge on any atom is 0.336 e. The lowest BCUT2D eigenvalue weighted by molar-refractivity contribution is 0.0695. The highest BCUT2D eigenvalue weighted by atomic mass is 79.9. The minimum atomic E-state index is -3.65. The average molecular weight is 362 g/mol. The Hall–Kier alpha value is -0.920. The zero-order valence-corrected chi connectivity index (χ0v) is 13.7. The SMILES string of the molecule is Cc1c(Br)cc(S(=O)(=O)N(C)CC2CC2)cc1C(=O)O. The molecule has 7 heteroatoms. The van der Waals surface area contributed by atoms with Crippen LogP contribution in [0.4, 0.5) is 0 Å². The number of halogens is 1. The fourth-order valence-corrected chi connectivity index (χ4v) is 3.88. The van der Waals surface area contributed by atoms with Crippen molar-refractivity contribution in [3.05, 3.63) is 27.7 Å². The molecule has 0 aromatic heterocycles. The number of aromatic carboxylic acids is 1. The van der Waals surface area contributed by atoms with Gasteiger partial charge in [0.1, 0.15) is 0 Å². The second kappa shape index (κ2) is 5.46. The van der Waals surface area contributed by atoms with E-state index in [-0.39, 0.29) is 10.5 Å². The Labute approximate surface area is 126 Å². The van der Waals surface area contributed by atoms with Crippen molar-refractivity contribution in [3.8, 4) is 0 Å². The molecular weight excluding hydrogens is 346 g/mol. The van der Waals surface area contributed by atoms with Crippen molar-refractivity contribution in [3.63, 3.8) is 0 Å². The van der Waals surface area contributed by atoms with Crippen molar-refractivity contribution < 1.29 is 18.3 Å². The molecule has 2 rings (SSSR count). The monoisotopic (exact) mass is 361 g/mol. The Morgan fingerprint density at radius 3 is 2.55 bits per heavy atom. The van der Waals surface area contributed by atoms with E-state index in [1.807, 2.05) is 0 Å². The molecule has 1 aliphatic rings. The summed E-state index contributed by atoms with van der Waals surface area (Å²) in [7, 11) is -2.12. The quantitative estimate of drug-likeness (QED) is 0.873. The van der Waals surface area contributed by atoms with Crippen LogP contribution in [0, 0.1) is 12.8 Å². The summed E-state index contributed by atoms with van der Waals surface area (Å²) in [6.45, 7) is 2.12. The fourth-order valence-electron chi connectivity index (χ4n) is 1.97. The molecule has 0 heterocycles. The van der Waals surface area contributed by atoms with E-state index in [4.69, 9.17) is 5.11 Å². The van der Waals surface area contributed by atoms with Crippen LogP contribution in [0.1, 0.15) is 28.8 Å². The van der Waals surface area contributed by atoms with Gasteiger partial charge in [-0.3, -0.25) is 0 Å². The Kier molecular flexibility index (Phi) is 4.22. The van der Waals surface area contributed by atoms with Gasteiger partial charge < -0.3 is 5.11 Å². The standard InChI is InChI=1S/C13H16BrNO4S/c1-8-11(13(16)17)5-10(6-12(8)14)20(18,19)15(2)7-9-3-4-9/h5-6,9H,3-4,7H2,1-2H3,(H,16,17). The number of hydrogen-bond donors (Lipinski definition) is 1. The van der Waals surface area contributed by atoms with E-state index in [9.17, 15) is 13.2 Å². The van der Waals surface area contributed by atoms with E-state index in [1.165, 1.54) is 23.5 Å². The van der Waals surface area contributed by atoms with Gasteiger partial charge in [-0.15, -0.1) is 0 Å². The van der Waals surface area contributed by atoms with Gasteiger partial charge in [0.05, 0.1) is 10.5 Å². The van der Waals surface area contributed by atoms with Crippen LogP contribution in [0.3, 0.4) is 0 Å². The lowest BCUT2D eigenvalue weighted by Gasteiger charge is -2.18. The van der Waals surface area contributed by atoms with Crippen molar-refractivity contribution in [2.24, 2.45) is 5.92 Å². The molecule has 1 aromatic rings. The first kappa shape index (κ1) is 15.5. The number of carboxylic acids is 1. The second-order valence-corrected chi connectivity index (χ2v) is 8.01. The van der Waals surface area contributed by atoms with E-state index in [2.05, 4.69) is 15.9 Å². The number of carboxylic acid groups (broad SMARTS) is 1. The van der Waals surface area contributed by atoms with Crippen molar-refractivity contribution in [2.75, 3.05) is 13.6 Å². The third-order valence-electron chi connectivity index (χ3n) is 3.47. The number of nitrogens with zero attached hydrogens (tertiary/aromatic N) is 1. The molecule has 0 aliphatic heterocycles. The predicted octanol–water partition coefficient (Wildman–Crippen LogP) is 2.49. The molecule has 1 N–H and O–H groups in total. The Balaban J connectivity index is 2.43.